The molecule has 6 nitrogen and oxygen atoms in total. The molecule has 1 aromatic heterocycles. The Bertz CT molecular complexity index is 1380. The quantitative estimate of drug-likeness (QED) is 0.232. The summed E-state index contributed by atoms with van der Waals surface area (Å²) in [6, 6.07) is 24.7. The molecule has 0 radical (unpaired) electrons. The summed E-state index contributed by atoms with van der Waals surface area (Å²) >= 11 is 0. The zero-order chi connectivity index (χ0) is 26.0. The maximum Gasteiger partial charge on any atom is 0.333 e. The van der Waals surface area contributed by atoms with E-state index in [9.17, 15) is 9.18 Å². The second-order valence-electron chi connectivity index (χ2n) is 10.5. The Balaban J connectivity index is 1.18. The number of carbonyl (C=O) groups excluding carboxylic acids is 1. The van der Waals surface area contributed by atoms with Gasteiger partial charge >= 0.3 is 5.97 Å². The van der Waals surface area contributed by atoms with Crippen LogP contribution in [-0.4, -0.2) is 41.2 Å². The number of piperidine rings is 3. The second kappa shape index (κ2) is 10.4. The summed E-state index contributed by atoms with van der Waals surface area (Å²) in [5.41, 5.74) is 3.19. The molecule has 3 aromatic carbocycles. The van der Waals surface area contributed by atoms with E-state index < -0.39 is 6.04 Å². The standard InChI is InChI=1S/C31H31FN3O3/c32-25-11-7-10-24(18-25)29(33-26-12-5-2-6-13-26)31(36)38-28-20-35(16-14-22(28)15-17-35)19-27-21-37-30(34-27)23-8-3-1-4-9-23/h1-13,18,21-22,28-29,33H,14-17,19-20H2/q+1/t22?,28-,29?,35?/m0/s1. The smallest absolute Gasteiger partial charge is 0.333 e. The highest BCUT2D eigenvalue weighted by molar-refractivity contribution is 5.81. The fraction of sp³-hybridized carbons (Fsp3) is 0.290. The number of aromatic nitrogens is 1. The average molecular weight is 513 g/mol. The molecule has 2 bridgehead atoms. The van der Waals surface area contributed by atoms with E-state index in [0.29, 0.717) is 17.4 Å². The lowest BCUT2D eigenvalue weighted by Crippen LogP contribution is -2.64. The third-order valence-electron chi connectivity index (χ3n) is 7.88. The summed E-state index contributed by atoms with van der Waals surface area (Å²) in [5.74, 6) is 0.189. The van der Waals surface area contributed by atoms with Crippen LogP contribution in [0.3, 0.4) is 0 Å². The van der Waals surface area contributed by atoms with Crippen LogP contribution in [0.2, 0.25) is 0 Å². The number of esters is 1. The van der Waals surface area contributed by atoms with Crippen LogP contribution in [0.15, 0.2) is 95.6 Å². The zero-order valence-corrected chi connectivity index (χ0v) is 21.1. The van der Waals surface area contributed by atoms with Gasteiger partial charge in [-0.15, -0.1) is 0 Å². The van der Waals surface area contributed by atoms with Crippen LogP contribution >= 0.6 is 0 Å². The number of anilines is 1. The first-order valence-corrected chi connectivity index (χ1v) is 13.2. The highest BCUT2D eigenvalue weighted by Gasteiger charge is 2.48. The number of halogens is 1. The molecule has 7 heteroatoms. The van der Waals surface area contributed by atoms with Gasteiger partial charge in [0.2, 0.25) is 5.89 Å². The summed E-state index contributed by atoms with van der Waals surface area (Å²) < 4.78 is 26.9. The molecule has 4 heterocycles. The SMILES string of the molecule is O=C(O[C@H]1C[N+]2(Cc3coc(-c4ccccc4)n3)CCC1CC2)C(Nc1ccccc1)c1cccc(F)c1. The number of para-hydroxylation sites is 1. The lowest BCUT2D eigenvalue weighted by molar-refractivity contribution is -0.958. The van der Waals surface area contributed by atoms with Crippen LogP contribution in [0, 0.1) is 11.7 Å². The van der Waals surface area contributed by atoms with E-state index in [1.165, 1.54) is 12.1 Å². The monoisotopic (exact) mass is 512 g/mol. The van der Waals surface area contributed by atoms with Gasteiger partial charge in [0.05, 0.1) is 13.1 Å². The van der Waals surface area contributed by atoms with E-state index in [1.54, 1.807) is 18.4 Å². The molecule has 0 saturated carbocycles. The van der Waals surface area contributed by atoms with Gasteiger partial charge in [0.25, 0.3) is 0 Å². The molecule has 3 fully saturated rings. The summed E-state index contributed by atoms with van der Waals surface area (Å²) in [6.07, 6.45) is 3.55. The topological polar surface area (TPSA) is 64.4 Å². The van der Waals surface area contributed by atoms with E-state index >= 15 is 0 Å². The molecule has 4 aromatic rings. The van der Waals surface area contributed by atoms with Gasteiger partial charge < -0.3 is 19.0 Å². The Labute approximate surface area is 221 Å². The number of nitrogens with zero attached hydrogens (tertiary/aromatic N) is 2. The highest BCUT2D eigenvalue weighted by Crippen LogP contribution is 2.38. The average Bonchev–Trinajstić information content (AvgIpc) is 3.41. The minimum atomic E-state index is -0.805. The number of hydrogen-bond acceptors (Lipinski definition) is 5. The van der Waals surface area contributed by atoms with Gasteiger partial charge in [0.1, 0.15) is 30.9 Å². The minimum Gasteiger partial charge on any atom is -0.454 e. The van der Waals surface area contributed by atoms with E-state index in [0.717, 1.165) is 60.4 Å². The van der Waals surface area contributed by atoms with Gasteiger partial charge in [-0.1, -0.05) is 48.5 Å². The Morgan fingerprint density at radius 1 is 1.03 bits per heavy atom. The van der Waals surface area contributed by atoms with Crippen molar-refractivity contribution in [3.8, 4) is 11.5 Å². The first-order valence-electron chi connectivity index (χ1n) is 13.2. The Kier molecular flexibility index (Phi) is 6.68. The Morgan fingerprint density at radius 3 is 2.50 bits per heavy atom. The van der Waals surface area contributed by atoms with Crippen molar-refractivity contribution < 1.29 is 22.8 Å². The first-order chi connectivity index (χ1) is 18.6. The van der Waals surface area contributed by atoms with Gasteiger partial charge in [0, 0.05) is 30.0 Å². The molecule has 1 N–H and O–H groups in total. The van der Waals surface area contributed by atoms with Crippen LogP contribution in [0.4, 0.5) is 10.1 Å². The number of oxazole rings is 1. The molecular formula is C31H31FN3O3+. The molecule has 194 valence electrons. The number of carbonyl (C=O) groups is 1. The van der Waals surface area contributed by atoms with Crippen molar-refractivity contribution in [1.82, 2.24) is 4.98 Å². The van der Waals surface area contributed by atoms with Crippen LogP contribution in [0.5, 0.6) is 0 Å². The van der Waals surface area contributed by atoms with Gasteiger partial charge in [-0.2, -0.15) is 0 Å². The third-order valence-corrected chi connectivity index (χ3v) is 7.88. The van der Waals surface area contributed by atoms with E-state index in [-0.39, 0.29) is 17.9 Å². The molecule has 1 unspecified atom stereocenters. The van der Waals surface area contributed by atoms with Gasteiger partial charge in [0.15, 0.2) is 12.1 Å². The van der Waals surface area contributed by atoms with Crippen molar-refractivity contribution in [2.75, 3.05) is 25.0 Å². The lowest BCUT2D eigenvalue weighted by Gasteiger charge is -2.51. The fourth-order valence-corrected chi connectivity index (χ4v) is 5.90. The number of quaternary nitrogens is 1. The van der Waals surface area contributed by atoms with Crippen LogP contribution < -0.4 is 5.32 Å². The number of ether oxygens (including phenoxy) is 1. The molecule has 7 rings (SSSR count). The van der Waals surface area contributed by atoms with Gasteiger partial charge in [-0.25, -0.2) is 14.2 Å². The largest absolute Gasteiger partial charge is 0.454 e. The first kappa shape index (κ1) is 24.4. The van der Waals surface area contributed by atoms with Gasteiger partial charge in [-0.05, 0) is 42.0 Å². The molecule has 38 heavy (non-hydrogen) atoms. The van der Waals surface area contributed by atoms with Crippen LogP contribution in [0.1, 0.15) is 30.1 Å². The van der Waals surface area contributed by atoms with Crippen molar-refractivity contribution in [3.05, 3.63) is 108 Å². The van der Waals surface area contributed by atoms with Crippen molar-refractivity contribution in [2.24, 2.45) is 5.92 Å². The molecule has 3 aliphatic rings. The molecular weight excluding hydrogens is 481 g/mol. The molecule has 2 atom stereocenters. The number of nitrogens with one attached hydrogen (secondary N) is 1. The Morgan fingerprint density at radius 2 is 1.76 bits per heavy atom. The summed E-state index contributed by atoms with van der Waals surface area (Å²) in [6.45, 7) is 3.54. The number of hydrogen-bond donors (Lipinski definition) is 1. The van der Waals surface area contributed by atoms with Crippen molar-refractivity contribution in [1.29, 1.82) is 0 Å². The Hall–Kier alpha value is -3.97. The third kappa shape index (κ3) is 5.20. The lowest BCUT2D eigenvalue weighted by atomic mass is 9.83. The molecule has 0 spiro atoms. The molecule has 3 aliphatic heterocycles. The van der Waals surface area contributed by atoms with Crippen molar-refractivity contribution in [2.45, 2.75) is 31.5 Å². The maximum atomic E-state index is 14.1. The van der Waals surface area contributed by atoms with Crippen LogP contribution in [0.25, 0.3) is 11.5 Å². The second-order valence-corrected chi connectivity index (χ2v) is 10.5. The summed E-state index contributed by atoms with van der Waals surface area (Å²) in [5, 5.41) is 3.25. The molecule has 3 saturated heterocycles. The van der Waals surface area contributed by atoms with E-state index in [2.05, 4.69) is 5.32 Å². The van der Waals surface area contributed by atoms with E-state index in [1.807, 2.05) is 60.7 Å². The van der Waals surface area contributed by atoms with Crippen LogP contribution in [-0.2, 0) is 16.1 Å². The van der Waals surface area contributed by atoms with Crippen molar-refractivity contribution in [3.63, 3.8) is 0 Å². The zero-order valence-electron chi connectivity index (χ0n) is 21.1. The fourth-order valence-electron chi connectivity index (χ4n) is 5.90. The van der Waals surface area contributed by atoms with Gasteiger partial charge in [-0.3, -0.25) is 0 Å². The van der Waals surface area contributed by atoms with Crippen molar-refractivity contribution >= 4 is 11.7 Å². The summed E-state index contributed by atoms with van der Waals surface area (Å²) in [4.78, 5) is 18.3. The number of benzene rings is 3. The number of fused-ring (bicyclic) bond motifs is 3. The minimum absolute atomic E-state index is 0.195. The normalized spacial score (nSPS) is 23.1. The maximum absolute atomic E-state index is 14.1. The molecule has 0 amide bonds. The van der Waals surface area contributed by atoms with E-state index in [4.69, 9.17) is 14.1 Å². The molecule has 0 aliphatic carbocycles. The highest BCUT2D eigenvalue weighted by atomic mass is 19.1. The number of rotatable bonds is 8. The summed E-state index contributed by atoms with van der Waals surface area (Å²) in [7, 11) is 0. The predicted molar refractivity (Wildman–Crippen MR) is 142 cm³/mol. The predicted octanol–water partition coefficient (Wildman–Crippen LogP) is 5.99.